The van der Waals surface area contributed by atoms with Gasteiger partial charge in [0.25, 0.3) is 5.91 Å². The lowest BCUT2D eigenvalue weighted by molar-refractivity contribution is -0.136. The van der Waals surface area contributed by atoms with Gasteiger partial charge in [-0.15, -0.1) is 0 Å². The molecule has 21 heavy (non-hydrogen) atoms. The molecule has 0 fully saturated rings. The number of aliphatic hydroxyl groups excluding tert-OH is 1. The molecule has 0 saturated heterocycles. The molecule has 0 unspecified atom stereocenters. The van der Waals surface area contributed by atoms with Gasteiger partial charge in [-0.3, -0.25) is 4.79 Å². The first-order valence-electron chi connectivity index (χ1n) is 6.90. The second-order valence-corrected chi connectivity index (χ2v) is 5.05. The van der Waals surface area contributed by atoms with Crippen molar-refractivity contribution in [3.05, 3.63) is 47.7 Å². The Morgan fingerprint density at radius 2 is 1.81 bits per heavy atom. The second-order valence-electron chi connectivity index (χ2n) is 5.05. The minimum atomic E-state index is -1.50. The van der Waals surface area contributed by atoms with Crippen LogP contribution in [0, 0.1) is 0 Å². The number of amides is 1. The van der Waals surface area contributed by atoms with Crippen molar-refractivity contribution in [2.75, 3.05) is 6.54 Å². The summed E-state index contributed by atoms with van der Waals surface area (Å²) in [4.78, 5) is 24.0. The van der Waals surface area contributed by atoms with Crippen molar-refractivity contribution in [1.29, 1.82) is 0 Å². The van der Waals surface area contributed by atoms with E-state index in [1.54, 1.807) is 4.90 Å². The number of hydrogen-bond acceptors (Lipinski definition) is 3. The van der Waals surface area contributed by atoms with E-state index in [9.17, 15) is 9.59 Å². The Labute approximate surface area is 124 Å². The van der Waals surface area contributed by atoms with E-state index >= 15 is 0 Å². The van der Waals surface area contributed by atoms with Gasteiger partial charge in [0.05, 0.1) is 6.08 Å². The summed E-state index contributed by atoms with van der Waals surface area (Å²) in [6.07, 6.45) is 2.37. The van der Waals surface area contributed by atoms with Crippen LogP contribution in [0.25, 0.3) is 0 Å². The summed E-state index contributed by atoms with van der Waals surface area (Å²) in [6.45, 7) is 4.22. The highest BCUT2D eigenvalue weighted by atomic mass is 16.4. The minimum Gasteiger partial charge on any atom is -0.502 e. The molecule has 0 spiro atoms. The molecule has 0 saturated carbocycles. The van der Waals surface area contributed by atoms with Crippen LogP contribution in [-0.2, 0) is 16.0 Å². The van der Waals surface area contributed by atoms with E-state index in [4.69, 9.17) is 10.2 Å². The van der Waals surface area contributed by atoms with Crippen LogP contribution in [0.5, 0.6) is 0 Å². The average Bonchev–Trinajstić information content (AvgIpc) is 2.43. The maximum atomic E-state index is 12.0. The number of nitrogens with zero attached hydrogens (tertiary/aromatic N) is 1. The Bertz CT molecular complexity index is 508. The molecule has 1 rings (SSSR count). The molecule has 0 bridgehead atoms. The molecule has 1 amide bonds. The molecular formula is C16H21NO4. The number of hydrogen-bond donors (Lipinski definition) is 2. The van der Waals surface area contributed by atoms with Crippen molar-refractivity contribution in [1.82, 2.24) is 4.90 Å². The zero-order valence-electron chi connectivity index (χ0n) is 12.3. The average molecular weight is 291 g/mol. The van der Waals surface area contributed by atoms with Gasteiger partial charge in [0, 0.05) is 12.6 Å². The lowest BCUT2D eigenvalue weighted by atomic mass is 10.1. The van der Waals surface area contributed by atoms with E-state index in [-0.39, 0.29) is 6.04 Å². The maximum absolute atomic E-state index is 12.0. The number of carbonyl (C=O) groups excluding carboxylic acids is 1. The van der Waals surface area contributed by atoms with Crippen molar-refractivity contribution in [2.45, 2.75) is 32.7 Å². The first-order valence-corrected chi connectivity index (χ1v) is 6.90. The van der Waals surface area contributed by atoms with Crippen LogP contribution < -0.4 is 0 Å². The number of aryl methyl sites for hydroxylation is 1. The van der Waals surface area contributed by atoms with Crippen LogP contribution in [0.15, 0.2) is 42.2 Å². The largest absolute Gasteiger partial charge is 0.502 e. The first-order chi connectivity index (χ1) is 9.91. The summed E-state index contributed by atoms with van der Waals surface area (Å²) in [6, 6.07) is 9.87. The molecule has 0 aliphatic carbocycles. The topological polar surface area (TPSA) is 77.8 Å². The molecule has 0 heterocycles. The number of aliphatic carboxylic acids is 1. The number of carboxylic acids is 1. The van der Waals surface area contributed by atoms with E-state index in [2.05, 4.69) is 0 Å². The standard InChI is InChI=1S/C16H21NO4/c1-12(2)17(15(19)11-14(18)16(20)21)10-6-9-13-7-4-3-5-8-13/h3-5,7-8,11-12,18H,6,9-10H2,1-2H3,(H,20,21). The highest BCUT2D eigenvalue weighted by molar-refractivity contribution is 5.96. The normalized spacial score (nSPS) is 11.5. The zero-order valence-corrected chi connectivity index (χ0v) is 12.3. The molecule has 2 N–H and O–H groups in total. The third kappa shape index (κ3) is 5.69. The summed E-state index contributed by atoms with van der Waals surface area (Å²) in [5.74, 6) is -2.93. The van der Waals surface area contributed by atoms with E-state index < -0.39 is 17.6 Å². The number of rotatable bonds is 7. The van der Waals surface area contributed by atoms with E-state index in [1.807, 2.05) is 44.2 Å². The molecular weight excluding hydrogens is 270 g/mol. The Hall–Kier alpha value is -2.30. The van der Waals surface area contributed by atoms with Gasteiger partial charge in [-0.1, -0.05) is 30.3 Å². The van der Waals surface area contributed by atoms with Crippen LogP contribution in [0.4, 0.5) is 0 Å². The van der Waals surface area contributed by atoms with Gasteiger partial charge in [-0.2, -0.15) is 0 Å². The van der Waals surface area contributed by atoms with Crippen LogP contribution in [0.1, 0.15) is 25.8 Å². The van der Waals surface area contributed by atoms with Crippen LogP contribution in [0.2, 0.25) is 0 Å². The van der Waals surface area contributed by atoms with Crippen molar-refractivity contribution in [3.8, 4) is 0 Å². The minimum absolute atomic E-state index is 0.0638. The second kappa shape index (κ2) is 8.09. The number of carbonyl (C=O) groups is 2. The Morgan fingerprint density at radius 3 is 2.33 bits per heavy atom. The quantitative estimate of drug-likeness (QED) is 0.597. The summed E-state index contributed by atoms with van der Waals surface area (Å²) in [5.41, 5.74) is 1.19. The van der Waals surface area contributed by atoms with E-state index in [0.29, 0.717) is 6.54 Å². The van der Waals surface area contributed by atoms with Gasteiger partial charge < -0.3 is 15.1 Å². The molecule has 0 aromatic heterocycles. The highest BCUT2D eigenvalue weighted by Crippen LogP contribution is 2.07. The third-order valence-electron chi connectivity index (χ3n) is 3.09. The van der Waals surface area contributed by atoms with Gasteiger partial charge in [0.15, 0.2) is 0 Å². The van der Waals surface area contributed by atoms with Crippen LogP contribution >= 0.6 is 0 Å². The molecule has 0 radical (unpaired) electrons. The summed E-state index contributed by atoms with van der Waals surface area (Å²) < 4.78 is 0. The van der Waals surface area contributed by atoms with Crippen molar-refractivity contribution < 1.29 is 19.8 Å². The SMILES string of the molecule is CC(C)N(CCCc1ccccc1)C(=O)C=C(O)C(=O)O. The number of benzene rings is 1. The summed E-state index contributed by atoms with van der Waals surface area (Å²) in [7, 11) is 0. The van der Waals surface area contributed by atoms with Gasteiger partial charge in [-0.25, -0.2) is 4.79 Å². The van der Waals surface area contributed by atoms with Crippen LogP contribution in [0.3, 0.4) is 0 Å². The van der Waals surface area contributed by atoms with Crippen molar-refractivity contribution >= 4 is 11.9 Å². The van der Waals surface area contributed by atoms with Crippen LogP contribution in [-0.4, -0.2) is 39.6 Å². The number of aliphatic hydroxyl groups is 1. The first kappa shape index (κ1) is 16.8. The van der Waals surface area contributed by atoms with Crippen molar-refractivity contribution in [2.24, 2.45) is 0 Å². The maximum Gasteiger partial charge on any atom is 0.371 e. The molecule has 0 aliphatic heterocycles. The smallest absolute Gasteiger partial charge is 0.371 e. The fraction of sp³-hybridized carbons (Fsp3) is 0.375. The lowest BCUT2D eigenvalue weighted by Gasteiger charge is -2.25. The van der Waals surface area contributed by atoms with Crippen molar-refractivity contribution in [3.63, 3.8) is 0 Å². The molecule has 1 aromatic carbocycles. The molecule has 0 atom stereocenters. The third-order valence-corrected chi connectivity index (χ3v) is 3.09. The molecule has 5 nitrogen and oxygen atoms in total. The molecule has 114 valence electrons. The summed E-state index contributed by atoms with van der Waals surface area (Å²) >= 11 is 0. The van der Waals surface area contributed by atoms with E-state index in [1.165, 1.54) is 5.56 Å². The fourth-order valence-electron chi connectivity index (χ4n) is 1.98. The predicted molar refractivity (Wildman–Crippen MR) is 80.0 cm³/mol. The van der Waals surface area contributed by atoms with Gasteiger partial charge >= 0.3 is 5.97 Å². The van der Waals surface area contributed by atoms with E-state index in [0.717, 1.165) is 18.9 Å². The van der Waals surface area contributed by atoms with Gasteiger partial charge in [0.1, 0.15) is 0 Å². The summed E-state index contributed by atoms with van der Waals surface area (Å²) in [5, 5.41) is 17.7. The zero-order chi connectivity index (χ0) is 15.8. The number of carboxylic acid groups (broad SMARTS) is 1. The monoisotopic (exact) mass is 291 g/mol. The molecule has 1 aromatic rings. The van der Waals surface area contributed by atoms with Gasteiger partial charge in [-0.05, 0) is 32.3 Å². The Balaban J connectivity index is 2.60. The lowest BCUT2D eigenvalue weighted by Crippen LogP contribution is -2.37. The molecule has 0 aliphatic rings. The molecule has 5 heteroatoms. The Morgan fingerprint density at radius 1 is 1.19 bits per heavy atom. The Kier molecular flexibility index (Phi) is 6.46. The highest BCUT2D eigenvalue weighted by Gasteiger charge is 2.17. The fourth-order valence-corrected chi connectivity index (χ4v) is 1.98. The van der Waals surface area contributed by atoms with Gasteiger partial charge in [0.2, 0.25) is 5.76 Å². The predicted octanol–water partition coefficient (Wildman–Crippen LogP) is 2.38.